The molecular formula is C22H25N2O6S3+. The number of nitrogens with one attached hydrogen (secondary N) is 2. The third-order valence-corrected chi connectivity index (χ3v) is 10.7. The molecule has 0 amide bonds. The van der Waals surface area contributed by atoms with Crippen LogP contribution in [-0.2, 0) is 35.5 Å². The van der Waals surface area contributed by atoms with Crippen LogP contribution in [0.5, 0.6) is 0 Å². The molecule has 0 aliphatic heterocycles. The highest BCUT2D eigenvalue weighted by Crippen LogP contribution is 2.23. The van der Waals surface area contributed by atoms with Gasteiger partial charge >= 0.3 is 20.0 Å². The molecule has 0 aliphatic carbocycles. The lowest BCUT2D eigenvalue weighted by molar-refractivity contribution is -0.657. The molecule has 0 heterocycles. The van der Waals surface area contributed by atoms with Gasteiger partial charge in [-0.3, -0.25) is 0 Å². The van der Waals surface area contributed by atoms with Crippen molar-refractivity contribution in [3.05, 3.63) is 90.5 Å². The molecule has 0 saturated heterocycles. The van der Waals surface area contributed by atoms with Crippen LogP contribution < -0.4 is 8.65 Å². The number of sulfonamides is 3. The molecule has 0 unspecified atom stereocenters. The summed E-state index contributed by atoms with van der Waals surface area (Å²) in [6.07, 6.45) is 0. The van der Waals surface area contributed by atoms with E-state index in [1.54, 1.807) is 24.3 Å². The van der Waals surface area contributed by atoms with Gasteiger partial charge in [0, 0.05) is 0 Å². The van der Waals surface area contributed by atoms with E-state index < -0.39 is 33.9 Å². The molecule has 11 heteroatoms. The van der Waals surface area contributed by atoms with Crippen LogP contribution in [0.15, 0.2) is 99.6 Å². The van der Waals surface area contributed by atoms with E-state index in [1.807, 2.05) is 25.6 Å². The maximum Gasteiger partial charge on any atom is 0.359 e. The van der Waals surface area contributed by atoms with Gasteiger partial charge in [0.05, 0.1) is 4.90 Å². The largest absolute Gasteiger partial charge is 0.359 e. The molecule has 0 fully saturated rings. The SMILES string of the molecule is CC(C)(C)c1ccc(S(=O)(=O)N[NH+](S(=O)(=O)c2ccccc2)S(=O)(=O)c2ccccc2)cc1. The average Bonchev–Trinajstić information content (AvgIpc) is 2.78. The highest BCUT2D eigenvalue weighted by Gasteiger charge is 2.44. The summed E-state index contributed by atoms with van der Waals surface area (Å²) in [5, 5.41) is 0. The number of benzene rings is 3. The maximum absolute atomic E-state index is 13.3. The summed E-state index contributed by atoms with van der Waals surface area (Å²) in [7, 11) is -14.0. The van der Waals surface area contributed by atoms with Gasteiger partial charge in [-0.05, 0) is 56.0 Å². The van der Waals surface area contributed by atoms with Crippen molar-refractivity contribution < 1.29 is 29.1 Å². The predicted molar refractivity (Wildman–Crippen MR) is 124 cm³/mol. The average molecular weight is 510 g/mol. The molecule has 8 nitrogen and oxygen atoms in total. The molecule has 3 rings (SSSR count). The Kier molecular flexibility index (Phi) is 6.83. The molecule has 33 heavy (non-hydrogen) atoms. The zero-order chi connectivity index (χ0) is 24.5. The Balaban J connectivity index is 2.13. The van der Waals surface area contributed by atoms with E-state index >= 15 is 0 Å². The monoisotopic (exact) mass is 509 g/mol. The third kappa shape index (κ3) is 5.33. The Morgan fingerprint density at radius 2 is 0.970 bits per heavy atom. The van der Waals surface area contributed by atoms with Crippen LogP contribution in [-0.4, -0.2) is 25.3 Å². The van der Waals surface area contributed by atoms with Crippen molar-refractivity contribution >= 4 is 30.1 Å². The van der Waals surface area contributed by atoms with Crippen molar-refractivity contribution in [3.8, 4) is 0 Å². The lowest BCUT2D eigenvalue weighted by Crippen LogP contribution is -3.21. The molecule has 3 aromatic rings. The van der Waals surface area contributed by atoms with Crippen LogP contribution in [0.4, 0.5) is 0 Å². The second kappa shape index (κ2) is 8.99. The summed E-state index contributed by atoms with van der Waals surface area (Å²) in [6, 6.07) is 19.4. The zero-order valence-corrected chi connectivity index (χ0v) is 20.7. The number of quaternary nitrogens is 1. The predicted octanol–water partition coefficient (Wildman–Crippen LogP) is 1.84. The normalized spacial score (nSPS) is 13.2. The number of rotatable bonds is 7. The Morgan fingerprint density at radius 1 is 0.576 bits per heavy atom. The Morgan fingerprint density at radius 3 is 1.33 bits per heavy atom. The summed E-state index contributed by atoms with van der Waals surface area (Å²) in [6.45, 7) is 5.87. The van der Waals surface area contributed by atoms with Crippen LogP contribution >= 0.6 is 0 Å². The first-order chi connectivity index (χ1) is 15.3. The summed E-state index contributed by atoms with van der Waals surface area (Å²) < 4.78 is 78.1. The molecule has 2 N–H and O–H groups in total. The first kappa shape index (κ1) is 25.1. The van der Waals surface area contributed by atoms with Gasteiger partial charge in [-0.25, -0.2) is 8.42 Å². The van der Waals surface area contributed by atoms with Crippen LogP contribution in [0.25, 0.3) is 0 Å². The molecule has 0 bridgehead atoms. The van der Waals surface area contributed by atoms with Gasteiger partial charge in [0.15, 0.2) is 0 Å². The van der Waals surface area contributed by atoms with Gasteiger partial charge in [-0.15, -0.1) is 0 Å². The van der Waals surface area contributed by atoms with Gasteiger partial charge in [0.2, 0.25) is 0 Å². The van der Waals surface area contributed by atoms with Gasteiger partial charge in [0.1, 0.15) is 9.79 Å². The van der Waals surface area contributed by atoms with Gasteiger partial charge in [-0.2, -0.15) is 16.8 Å². The van der Waals surface area contributed by atoms with Crippen molar-refractivity contribution in [2.24, 2.45) is 0 Å². The second-order valence-corrected chi connectivity index (χ2v) is 14.0. The quantitative estimate of drug-likeness (QED) is 0.469. The van der Waals surface area contributed by atoms with Crippen LogP contribution in [0, 0.1) is 0 Å². The summed E-state index contributed by atoms with van der Waals surface area (Å²) >= 11 is 0. The van der Waals surface area contributed by atoms with Crippen molar-refractivity contribution in [1.29, 1.82) is 0 Å². The molecule has 0 aromatic heterocycles. The lowest BCUT2D eigenvalue weighted by atomic mass is 9.87. The summed E-state index contributed by atoms with van der Waals surface area (Å²) in [5.41, 5.74) is 0.625. The Labute approximate surface area is 195 Å². The third-order valence-electron chi connectivity index (χ3n) is 4.84. The van der Waals surface area contributed by atoms with Crippen LogP contribution in [0.1, 0.15) is 26.3 Å². The van der Waals surface area contributed by atoms with Gasteiger partial charge < -0.3 is 0 Å². The second-order valence-electron chi connectivity index (χ2n) is 8.30. The molecule has 0 spiro atoms. The van der Waals surface area contributed by atoms with Crippen molar-refractivity contribution in [3.63, 3.8) is 0 Å². The van der Waals surface area contributed by atoms with Crippen LogP contribution in [0.2, 0.25) is 0 Å². The summed E-state index contributed by atoms with van der Waals surface area (Å²) in [5.74, 6) is 0. The lowest BCUT2D eigenvalue weighted by Gasteiger charge is -2.20. The first-order valence-corrected chi connectivity index (χ1v) is 14.3. The topological polar surface area (TPSA) is 119 Å². The van der Waals surface area contributed by atoms with E-state index in [9.17, 15) is 25.3 Å². The van der Waals surface area contributed by atoms with E-state index in [2.05, 4.69) is 0 Å². The molecule has 0 aliphatic rings. The van der Waals surface area contributed by atoms with E-state index in [1.165, 1.54) is 60.7 Å². The molecule has 0 atom stereocenters. The minimum Gasteiger partial charge on any atom is -0.202 e. The maximum atomic E-state index is 13.3. The first-order valence-electron chi connectivity index (χ1n) is 9.87. The van der Waals surface area contributed by atoms with Gasteiger partial charge in [0.25, 0.3) is 10.0 Å². The van der Waals surface area contributed by atoms with Crippen molar-refractivity contribution in [2.75, 3.05) is 0 Å². The highest BCUT2D eigenvalue weighted by atomic mass is 32.3. The van der Waals surface area contributed by atoms with E-state index in [0.717, 1.165) is 5.56 Å². The minimum absolute atomic E-state index is 0.236. The Bertz CT molecular complexity index is 1360. The fraction of sp³-hybridized carbons (Fsp3) is 0.182. The standard InChI is InChI=1S/C22H24N2O6S3/c1-22(2,3)18-14-16-19(17-15-18)31(25,26)23-24(32(27,28)20-10-6-4-7-11-20)33(29,30)21-12-8-5-9-13-21/h4-17,23H,1-3H3/p+1. The molecule has 0 saturated carbocycles. The van der Waals surface area contributed by atoms with E-state index in [0.29, 0.717) is 0 Å². The molecular weight excluding hydrogens is 484 g/mol. The number of hydrogen-bond donors (Lipinski definition) is 2. The smallest absolute Gasteiger partial charge is 0.202 e. The fourth-order valence-corrected chi connectivity index (χ4v) is 8.53. The van der Waals surface area contributed by atoms with Crippen molar-refractivity contribution in [1.82, 2.24) is 4.83 Å². The highest BCUT2D eigenvalue weighted by molar-refractivity contribution is 7.98. The number of hydrogen-bond acceptors (Lipinski definition) is 6. The van der Waals surface area contributed by atoms with E-state index in [4.69, 9.17) is 0 Å². The Hall–Kier alpha value is -2.57. The fourth-order valence-electron chi connectivity index (χ4n) is 2.97. The minimum atomic E-state index is -4.74. The molecule has 3 aromatic carbocycles. The zero-order valence-electron chi connectivity index (χ0n) is 18.3. The molecule has 176 valence electrons. The summed E-state index contributed by atoms with van der Waals surface area (Å²) in [4.78, 5) is 0.882. The van der Waals surface area contributed by atoms with Gasteiger partial charge in [-0.1, -0.05) is 69.3 Å². The van der Waals surface area contributed by atoms with E-state index in [-0.39, 0.29) is 20.1 Å². The van der Waals surface area contributed by atoms with Crippen molar-refractivity contribution in [2.45, 2.75) is 40.9 Å². The molecule has 0 radical (unpaired) electrons. The van der Waals surface area contributed by atoms with Crippen LogP contribution in [0.3, 0.4) is 0 Å².